The van der Waals surface area contributed by atoms with Gasteiger partial charge in [-0.2, -0.15) is 0 Å². The van der Waals surface area contributed by atoms with Crippen molar-refractivity contribution < 1.29 is 9.53 Å². The van der Waals surface area contributed by atoms with Gasteiger partial charge in [-0.25, -0.2) is 0 Å². The van der Waals surface area contributed by atoms with Gasteiger partial charge in [0.25, 0.3) is 0 Å². The van der Waals surface area contributed by atoms with Gasteiger partial charge in [0.15, 0.2) is 5.96 Å². The number of guanidine groups is 1. The zero-order chi connectivity index (χ0) is 12.9. The van der Waals surface area contributed by atoms with Crippen molar-refractivity contribution >= 4 is 11.9 Å². The second kappa shape index (κ2) is 11.2. The Kier molecular flexibility index (Phi) is 10.3. The van der Waals surface area contributed by atoms with Crippen LogP contribution in [-0.4, -0.2) is 52.3 Å². The highest BCUT2D eigenvalue weighted by molar-refractivity contribution is 5.86. The van der Waals surface area contributed by atoms with Crippen LogP contribution in [0, 0.1) is 0 Å². The van der Waals surface area contributed by atoms with E-state index in [1.54, 1.807) is 14.2 Å². The lowest BCUT2D eigenvalue weighted by molar-refractivity contribution is -0.120. The number of ether oxygens (including phenoxy) is 1. The number of hydrogen-bond donors (Lipinski definition) is 3. The van der Waals surface area contributed by atoms with Crippen LogP contribution in [0.2, 0.25) is 0 Å². The second-order valence-electron chi connectivity index (χ2n) is 3.55. The SMILES string of the molecule is CCCNC(=O)CNC(=NC)NCCCOC. The highest BCUT2D eigenvalue weighted by atomic mass is 16.5. The van der Waals surface area contributed by atoms with Gasteiger partial charge in [-0.15, -0.1) is 0 Å². The molecule has 0 spiro atoms. The fourth-order valence-electron chi connectivity index (χ4n) is 1.13. The molecule has 1 amide bonds. The first-order chi connectivity index (χ1) is 8.24. The molecular weight excluding hydrogens is 220 g/mol. The van der Waals surface area contributed by atoms with E-state index in [1.165, 1.54) is 0 Å². The van der Waals surface area contributed by atoms with Gasteiger partial charge in [0.2, 0.25) is 5.91 Å². The predicted octanol–water partition coefficient (Wildman–Crippen LogP) is -0.286. The third kappa shape index (κ3) is 9.62. The standard InChI is InChI=1S/C11H24N4O2/c1-4-6-13-10(16)9-15-11(12-2)14-7-5-8-17-3/h4-9H2,1-3H3,(H,13,16)(H2,12,14,15). The van der Waals surface area contributed by atoms with Crippen molar-refractivity contribution in [3.05, 3.63) is 0 Å². The Morgan fingerprint density at radius 1 is 1.24 bits per heavy atom. The second-order valence-corrected chi connectivity index (χ2v) is 3.55. The Morgan fingerprint density at radius 3 is 2.59 bits per heavy atom. The number of hydrogen-bond acceptors (Lipinski definition) is 3. The van der Waals surface area contributed by atoms with Crippen LogP contribution in [0.25, 0.3) is 0 Å². The molecule has 6 nitrogen and oxygen atoms in total. The van der Waals surface area contributed by atoms with E-state index < -0.39 is 0 Å². The number of amides is 1. The van der Waals surface area contributed by atoms with Crippen LogP contribution >= 0.6 is 0 Å². The minimum atomic E-state index is -0.0216. The first kappa shape index (κ1) is 15.7. The molecule has 0 aliphatic rings. The van der Waals surface area contributed by atoms with Gasteiger partial charge in [0.05, 0.1) is 6.54 Å². The molecule has 0 aromatic carbocycles. The summed E-state index contributed by atoms with van der Waals surface area (Å²) in [5, 5.41) is 8.82. The lowest BCUT2D eigenvalue weighted by Gasteiger charge is -2.11. The largest absolute Gasteiger partial charge is 0.385 e. The number of nitrogens with zero attached hydrogens (tertiary/aromatic N) is 1. The van der Waals surface area contributed by atoms with Crippen molar-refractivity contribution in [3.8, 4) is 0 Å². The van der Waals surface area contributed by atoms with E-state index in [1.807, 2.05) is 6.92 Å². The Morgan fingerprint density at radius 2 is 2.00 bits per heavy atom. The maximum absolute atomic E-state index is 11.3. The summed E-state index contributed by atoms with van der Waals surface area (Å²) in [4.78, 5) is 15.3. The number of methoxy groups -OCH3 is 1. The summed E-state index contributed by atoms with van der Waals surface area (Å²) in [6.45, 7) is 4.44. The topological polar surface area (TPSA) is 74.8 Å². The molecule has 0 aliphatic carbocycles. The molecule has 0 aromatic heterocycles. The van der Waals surface area contributed by atoms with E-state index in [0.29, 0.717) is 19.1 Å². The molecule has 17 heavy (non-hydrogen) atoms. The van der Waals surface area contributed by atoms with E-state index in [4.69, 9.17) is 4.74 Å². The molecule has 0 saturated heterocycles. The van der Waals surface area contributed by atoms with Crippen LogP contribution in [-0.2, 0) is 9.53 Å². The zero-order valence-electron chi connectivity index (χ0n) is 11.0. The molecule has 0 aromatic rings. The summed E-state index contributed by atoms with van der Waals surface area (Å²) >= 11 is 0. The number of carbonyl (C=O) groups is 1. The van der Waals surface area contributed by atoms with Crippen LogP contribution in [0.5, 0.6) is 0 Å². The van der Waals surface area contributed by atoms with E-state index in [9.17, 15) is 4.79 Å². The molecule has 0 unspecified atom stereocenters. The lowest BCUT2D eigenvalue weighted by Crippen LogP contribution is -2.43. The van der Waals surface area contributed by atoms with Gasteiger partial charge in [0, 0.05) is 33.9 Å². The molecule has 100 valence electrons. The highest BCUT2D eigenvalue weighted by Crippen LogP contribution is 1.78. The molecular formula is C11H24N4O2. The van der Waals surface area contributed by atoms with Gasteiger partial charge in [0.1, 0.15) is 0 Å². The Labute approximate surface area is 103 Å². The quantitative estimate of drug-likeness (QED) is 0.312. The fraction of sp³-hybridized carbons (Fsp3) is 0.818. The minimum absolute atomic E-state index is 0.0216. The molecule has 0 rings (SSSR count). The summed E-state index contributed by atoms with van der Waals surface area (Å²) in [5.74, 6) is 0.611. The van der Waals surface area contributed by atoms with Crippen molar-refractivity contribution in [3.63, 3.8) is 0 Å². The van der Waals surface area contributed by atoms with Gasteiger partial charge < -0.3 is 20.7 Å². The molecule has 0 radical (unpaired) electrons. The fourth-order valence-corrected chi connectivity index (χ4v) is 1.13. The van der Waals surface area contributed by atoms with Crippen LogP contribution in [0.4, 0.5) is 0 Å². The van der Waals surface area contributed by atoms with Crippen molar-refractivity contribution in [2.24, 2.45) is 4.99 Å². The molecule has 0 atom stereocenters. The van der Waals surface area contributed by atoms with Gasteiger partial charge in [-0.1, -0.05) is 6.92 Å². The Hall–Kier alpha value is -1.30. The van der Waals surface area contributed by atoms with Crippen LogP contribution in [0.1, 0.15) is 19.8 Å². The van der Waals surface area contributed by atoms with E-state index >= 15 is 0 Å². The average Bonchev–Trinajstić information content (AvgIpc) is 2.35. The molecule has 0 aliphatic heterocycles. The van der Waals surface area contributed by atoms with Crippen LogP contribution in [0.3, 0.4) is 0 Å². The number of nitrogens with one attached hydrogen (secondary N) is 3. The first-order valence-corrected chi connectivity index (χ1v) is 5.94. The van der Waals surface area contributed by atoms with Crippen molar-refractivity contribution in [1.29, 1.82) is 0 Å². The third-order valence-corrected chi connectivity index (χ3v) is 2.03. The number of rotatable bonds is 8. The molecule has 6 heteroatoms. The van der Waals surface area contributed by atoms with Crippen molar-refractivity contribution in [2.45, 2.75) is 19.8 Å². The first-order valence-electron chi connectivity index (χ1n) is 5.94. The molecule has 0 saturated carbocycles. The van der Waals surface area contributed by atoms with Crippen LogP contribution < -0.4 is 16.0 Å². The van der Waals surface area contributed by atoms with Crippen molar-refractivity contribution in [2.75, 3.05) is 40.4 Å². The van der Waals surface area contributed by atoms with E-state index in [0.717, 1.165) is 19.4 Å². The average molecular weight is 244 g/mol. The molecule has 0 bridgehead atoms. The minimum Gasteiger partial charge on any atom is -0.385 e. The van der Waals surface area contributed by atoms with E-state index in [2.05, 4.69) is 20.9 Å². The highest BCUT2D eigenvalue weighted by Gasteiger charge is 2.01. The van der Waals surface area contributed by atoms with Gasteiger partial charge >= 0.3 is 0 Å². The Bertz CT molecular complexity index is 232. The lowest BCUT2D eigenvalue weighted by atomic mass is 10.4. The smallest absolute Gasteiger partial charge is 0.239 e. The number of carbonyl (C=O) groups excluding carboxylic acids is 1. The summed E-state index contributed by atoms with van der Waals surface area (Å²) in [7, 11) is 3.35. The molecule has 0 fully saturated rings. The summed E-state index contributed by atoms with van der Waals surface area (Å²) in [6.07, 6.45) is 1.84. The van der Waals surface area contributed by atoms with Crippen molar-refractivity contribution in [1.82, 2.24) is 16.0 Å². The summed E-state index contributed by atoms with van der Waals surface area (Å²) in [6, 6.07) is 0. The normalized spacial score (nSPS) is 11.1. The van der Waals surface area contributed by atoms with Gasteiger partial charge in [-0.05, 0) is 12.8 Å². The molecule has 3 N–H and O–H groups in total. The molecule has 0 heterocycles. The maximum Gasteiger partial charge on any atom is 0.239 e. The van der Waals surface area contributed by atoms with Gasteiger partial charge in [-0.3, -0.25) is 9.79 Å². The van der Waals surface area contributed by atoms with Crippen LogP contribution in [0.15, 0.2) is 4.99 Å². The maximum atomic E-state index is 11.3. The monoisotopic (exact) mass is 244 g/mol. The predicted molar refractivity (Wildman–Crippen MR) is 69.2 cm³/mol. The third-order valence-electron chi connectivity index (χ3n) is 2.03. The summed E-state index contributed by atoms with van der Waals surface area (Å²) in [5.41, 5.74) is 0. The zero-order valence-corrected chi connectivity index (χ0v) is 11.0. The Balaban J connectivity index is 3.64. The van der Waals surface area contributed by atoms with E-state index in [-0.39, 0.29) is 12.5 Å². The number of aliphatic imine (C=N–C) groups is 1. The summed E-state index contributed by atoms with van der Waals surface area (Å²) < 4.78 is 4.94.